The molecule has 2 aromatic rings. The summed E-state index contributed by atoms with van der Waals surface area (Å²) in [6.45, 7) is 1.09. The largest absolute Gasteiger partial charge is 0.375 e. The number of hydrogen-bond donors (Lipinski definition) is 0. The topological polar surface area (TPSA) is 77.3 Å². The second-order valence-electron chi connectivity index (χ2n) is 5.79. The van der Waals surface area contributed by atoms with Crippen molar-refractivity contribution in [2.24, 2.45) is 7.05 Å². The zero-order valence-corrected chi connectivity index (χ0v) is 14.0. The van der Waals surface area contributed by atoms with Crippen LogP contribution in [0.2, 0.25) is 0 Å². The van der Waals surface area contributed by atoms with Crippen molar-refractivity contribution >= 4 is 10.0 Å². The first-order valence-corrected chi connectivity index (χ1v) is 9.22. The number of ether oxygens (including phenoxy) is 1. The minimum Gasteiger partial charge on any atom is -0.375 e. The van der Waals surface area contributed by atoms with Crippen molar-refractivity contribution < 1.29 is 13.2 Å². The first kappa shape index (κ1) is 16.1. The van der Waals surface area contributed by atoms with Crippen molar-refractivity contribution in [2.45, 2.75) is 25.6 Å². The van der Waals surface area contributed by atoms with Crippen LogP contribution in [0.15, 0.2) is 30.9 Å². The predicted octanol–water partition coefficient (Wildman–Crippen LogP) is 0.718. The summed E-state index contributed by atoms with van der Waals surface area (Å²) in [5.41, 5.74) is 2.91. The lowest BCUT2D eigenvalue weighted by Gasteiger charge is -2.33. The normalized spacial score (nSPS) is 18.8. The van der Waals surface area contributed by atoms with E-state index < -0.39 is 10.0 Å². The molecule has 0 bridgehead atoms. The molecule has 3 heterocycles. The highest BCUT2D eigenvalue weighted by Gasteiger charge is 2.34. The van der Waals surface area contributed by atoms with E-state index in [1.165, 1.54) is 10.6 Å². The van der Waals surface area contributed by atoms with Crippen LogP contribution in [0.25, 0.3) is 0 Å². The van der Waals surface area contributed by atoms with E-state index in [4.69, 9.17) is 4.74 Å². The number of pyridine rings is 1. The standard InChI is InChI=1S/C15H20N4O3S/c1-18-11-17-14-8-19(23(2,20)21)13(7-15(14)18)10-22-9-12-3-5-16-6-4-12/h3-6,11,13H,7-10H2,1-2H3. The molecule has 0 amide bonds. The van der Waals surface area contributed by atoms with Crippen LogP contribution in [0.4, 0.5) is 0 Å². The van der Waals surface area contributed by atoms with Gasteiger partial charge in [-0.05, 0) is 17.7 Å². The number of fused-ring (bicyclic) bond motifs is 1. The lowest BCUT2D eigenvalue weighted by atomic mass is 10.1. The van der Waals surface area contributed by atoms with E-state index >= 15 is 0 Å². The average Bonchev–Trinajstić information content (AvgIpc) is 2.88. The molecule has 124 valence electrons. The monoisotopic (exact) mass is 336 g/mol. The third kappa shape index (κ3) is 3.60. The summed E-state index contributed by atoms with van der Waals surface area (Å²) >= 11 is 0. The molecule has 7 nitrogen and oxygen atoms in total. The van der Waals surface area contributed by atoms with Gasteiger partial charge in [-0.15, -0.1) is 0 Å². The maximum Gasteiger partial charge on any atom is 0.211 e. The molecule has 8 heteroatoms. The van der Waals surface area contributed by atoms with E-state index in [-0.39, 0.29) is 6.04 Å². The van der Waals surface area contributed by atoms with Gasteiger partial charge in [-0.1, -0.05) is 0 Å². The Morgan fingerprint density at radius 1 is 1.35 bits per heavy atom. The molecule has 0 saturated carbocycles. The van der Waals surface area contributed by atoms with Gasteiger partial charge in [0.1, 0.15) is 0 Å². The quantitative estimate of drug-likeness (QED) is 0.804. The van der Waals surface area contributed by atoms with Crippen molar-refractivity contribution in [3.63, 3.8) is 0 Å². The Morgan fingerprint density at radius 3 is 2.78 bits per heavy atom. The van der Waals surface area contributed by atoms with Gasteiger partial charge in [0.2, 0.25) is 10.0 Å². The molecule has 0 spiro atoms. The second-order valence-corrected chi connectivity index (χ2v) is 7.72. The van der Waals surface area contributed by atoms with Gasteiger partial charge in [0.15, 0.2) is 0 Å². The number of imidazole rings is 1. The van der Waals surface area contributed by atoms with Crippen molar-refractivity contribution in [1.29, 1.82) is 0 Å². The van der Waals surface area contributed by atoms with Gasteiger partial charge in [-0.25, -0.2) is 13.4 Å². The second kappa shape index (κ2) is 6.38. The summed E-state index contributed by atoms with van der Waals surface area (Å²) < 4.78 is 33.3. The molecule has 0 aromatic carbocycles. The summed E-state index contributed by atoms with van der Waals surface area (Å²) in [4.78, 5) is 8.26. The highest BCUT2D eigenvalue weighted by atomic mass is 32.2. The molecule has 1 unspecified atom stereocenters. The number of aryl methyl sites for hydroxylation is 1. The third-order valence-corrected chi connectivity index (χ3v) is 5.32. The molecule has 0 fully saturated rings. The minimum absolute atomic E-state index is 0.213. The van der Waals surface area contributed by atoms with Gasteiger partial charge in [0.05, 0.1) is 44.1 Å². The molecule has 0 radical (unpaired) electrons. The van der Waals surface area contributed by atoms with Gasteiger partial charge in [0.25, 0.3) is 0 Å². The number of aromatic nitrogens is 3. The average molecular weight is 336 g/mol. The summed E-state index contributed by atoms with van der Waals surface area (Å²) in [7, 11) is -1.38. The highest BCUT2D eigenvalue weighted by molar-refractivity contribution is 7.88. The summed E-state index contributed by atoms with van der Waals surface area (Å²) in [6, 6.07) is 3.55. The fourth-order valence-electron chi connectivity index (χ4n) is 2.82. The molecule has 0 saturated heterocycles. The van der Waals surface area contributed by atoms with Crippen LogP contribution in [0.5, 0.6) is 0 Å². The van der Waals surface area contributed by atoms with Crippen LogP contribution in [0.3, 0.4) is 0 Å². The third-order valence-electron chi connectivity index (χ3n) is 4.04. The summed E-state index contributed by atoms with van der Waals surface area (Å²) in [5.74, 6) is 0. The number of nitrogens with zero attached hydrogens (tertiary/aromatic N) is 4. The van der Waals surface area contributed by atoms with E-state index in [0.717, 1.165) is 17.0 Å². The molecule has 3 rings (SSSR count). The first-order valence-electron chi connectivity index (χ1n) is 7.37. The van der Waals surface area contributed by atoms with Gasteiger partial charge >= 0.3 is 0 Å². The Balaban J connectivity index is 1.72. The zero-order chi connectivity index (χ0) is 16.4. The van der Waals surface area contributed by atoms with E-state index in [1.54, 1.807) is 18.7 Å². The number of rotatable bonds is 5. The Bertz CT molecular complexity index is 773. The smallest absolute Gasteiger partial charge is 0.211 e. The van der Waals surface area contributed by atoms with Crippen LogP contribution < -0.4 is 0 Å². The summed E-state index contributed by atoms with van der Waals surface area (Å²) in [6.07, 6.45) is 6.99. The lowest BCUT2D eigenvalue weighted by Crippen LogP contribution is -2.46. The molecule has 1 aliphatic heterocycles. The Hall–Kier alpha value is -1.77. The van der Waals surface area contributed by atoms with Gasteiger partial charge in [-0.2, -0.15) is 4.31 Å². The van der Waals surface area contributed by atoms with Crippen molar-refractivity contribution in [1.82, 2.24) is 18.8 Å². The van der Waals surface area contributed by atoms with Crippen molar-refractivity contribution in [2.75, 3.05) is 12.9 Å². The Labute approximate surface area is 136 Å². The van der Waals surface area contributed by atoms with Crippen LogP contribution in [0, 0.1) is 0 Å². The molecular formula is C15H20N4O3S. The van der Waals surface area contributed by atoms with Crippen LogP contribution in [0.1, 0.15) is 17.0 Å². The first-order chi connectivity index (χ1) is 10.9. The molecule has 1 atom stereocenters. The number of hydrogen-bond acceptors (Lipinski definition) is 5. The molecule has 23 heavy (non-hydrogen) atoms. The molecule has 1 aliphatic rings. The van der Waals surface area contributed by atoms with E-state index in [9.17, 15) is 8.42 Å². The molecule has 0 N–H and O–H groups in total. The van der Waals surface area contributed by atoms with Crippen LogP contribution in [-0.4, -0.2) is 46.2 Å². The van der Waals surface area contributed by atoms with Gasteiger partial charge < -0.3 is 9.30 Å². The van der Waals surface area contributed by atoms with Crippen LogP contribution >= 0.6 is 0 Å². The maximum atomic E-state index is 12.1. The predicted molar refractivity (Wildman–Crippen MR) is 85.0 cm³/mol. The van der Waals surface area contributed by atoms with Crippen molar-refractivity contribution in [3.05, 3.63) is 47.8 Å². The van der Waals surface area contributed by atoms with Crippen molar-refractivity contribution in [3.8, 4) is 0 Å². The number of sulfonamides is 1. The molecular weight excluding hydrogens is 316 g/mol. The SMILES string of the molecule is Cn1cnc2c1CC(COCc1ccncc1)N(S(C)(=O)=O)C2. The van der Waals surface area contributed by atoms with E-state index in [0.29, 0.717) is 26.2 Å². The molecule has 0 aliphatic carbocycles. The lowest BCUT2D eigenvalue weighted by molar-refractivity contribution is 0.0711. The van der Waals surface area contributed by atoms with E-state index in [2.05, 4.69) is 9.97 Å². The highest BCUT2D eigenvalue weighted by Crippen LogP contribution is 2.24. The van der Waals surface area contributed by atoms with E-state index in [1.807, 2.05) is 23.7 Å². The maximum absolute atomic E-state index is 12.1. The Kier molecular flexibility index (Phi) is 4.47. The van der Waals surface area contributed by atoms with Gasteiger partial charge in [0, 0.05) is 31.6 Å². The molecule has 2 aromatic heterocycles. The van der Waals surface area contributed by atoms with Crippen LogP contribution in [-0.2, 0) is 41.4 Å². The minimum atomic E-state index is -3.31. The Morgan fingerprint density at radius 2 is 2.09 bits per heavy atom. The fraction of sp³-hybridized carbons (Fsp3) is 0.467. The summed E-state index contributed by atoms with van der Waals surface area (Å²) in [5, 5.41) is 0. The zero-order valence-electron chi connectivity index (χ0n) is 13.2. The fourth-order valence-corrected chi connectivity index (χ4v) is 3.86. The van der Waals surface area contributed by atoms with Gasteiger partial charge in [-0.3, -0.25) is 4.98 Å².